The van der Waals surface area contributed by atoms with Gasteiger partial charge >= 0.3 is 0 Å². The van der Waals surface area contributed by atoms with Crippen molar-refractivity contribution in [3.05, 3.63) is 103 Å². The molecular weight excluding hydrogens is 501 g/mol. The van der Waals surface area contributed by atoms with E-state index in [0.717, 1.165) is 22.4 Å². The Balaban J connectivity index is 1.41. The van der Waals surface area contributed by atoms with Gasteiger partial charge in [0.1, 0.15) is 16.3 Å². The number of ether oxygens (including phenoxy) is 1. The quantitative estimate of drug-likeness (QED) is 0.334. The van der Waals surface area contributed by atoms with Crippen molar-refractivity contribution in [3.63, 3.8) is 0 Å². The summed E-state index contributed by atoms with van der Waals surface area (Å²) in [5.74, 6) is 1.68. The number of fused-ring (bicyclic) bond motifs is 2. The Bertz CT molecular complexity index is 1620. The number of para-hydroxylation sites is 1. The van der Waals surface area contributed by atoms with E-state index >= 15 is 0 Å². The summed E-state index contributed by atoms with van der Waals surface area (Å²) >= 11 is 13.1. The van der Waals surface area contributed by atoms with Crippen molar-refractivity contribution in [1.82, 2.24) is 14.6 Å². The van der Waals surface area contributed by atoms with Gasteiger partial charge in [-0.1, -0.05) is 96.9 Å². The van der Waals surface area contributed by atoms with Gasteiger partial charge in [0, 0.05) is 11.5 Å². The van der Waals surface area contributed by atoms with Crippen molar-refractivity contribution in [2.24, 2.45) is 11.3 Å². The van der Waals surface area contributed by atoms with E-state index < -0.39 is 0 Å². The van der Waals surface area contributed by atoms with E-state index in [1.807, 2.05) is 66.7 Å². The smallest absolute Gasteiger partial charge is 0.291 e. The zero-order valence-corrected chi connectivity index (χ0v) is 21.3. The Hall–Kier alpha value is -2.93. The first-order chi connectivity index (χ1) is 16.8. The summed E-state index contributed by atoms with van der Waals surface area (Å²) in [4.78, 5) is 18.6. The fourth-order valence-electron chi connectivity index (χ4n) is 4.91. The molecule has 0 N–H and O–H groups in total. The molecular formula is C27H21Cl2N3O2S. The van der Waals surface area contributed by atoms with E-state index in [-0.39, 0.29) is 33.4 Å². The number of halogens is 2. The van der Waals surface area contributed by atoms with E-state index in [2.05, 4.69) is 25.0 Å². The lowest BCUT2D eigenvalue weighted by Crippen LogP contribution is -2.25. The van der Waals surface area contributed by atoms with Crippen LogP contribution in [0.2, 0.25) is 0 Å². The van der Waals surface area contributed by atoms with Crippen molar-refractivity contribution in [2.45, 2.75) is 25.9 Å². The molecule has 1 aliphatic heterocycles. The van der Waals surface area contributed by atoms with Crippen LogP contribution in [0, 0.1) is 11.3 Å². The molecule has 0 spiro atoms. The molecule has 0 saturated heterocycles. The minimum absolute atomic E-state index is 0.0649. The number of hydrogen-bond acceptors (Lipinski definition) is 5. The maximum absolute atomic E-state index is 13.3. The Labute approximate surface area is 216 Å². The summed E-state index contributed by atoms with van der Waals surface area (Å²) in [6.07, 6.45) is 5.49. The molecule has 2 aromatic heterocycles. The molecule has 3 atom stereocenters. The zero-order valence-electron chi connectivity index (χ0n) is 19.0. The van der Waals surface area contributed by atoms with Crippen LogP contribution in [-0.4, -0.2) is 14.6 Å². The van der Waals surface area contributed by atoms with Gasteiger partial charge in [0.25, 0.3) is 5.56 Å². The average molecular weight is 522 g/mol. The second-order valence-electron chi connectivity index (χ2n) is 9.45. The SMILES string of the molecule is CC1(C)C(C=C(Cl)Cl)C1c1nc2sc(=CC3=Cc4ccccc4OC3c3ccccc3)c(=O)n2n1. The number of thiazole rings is 1. The van der Waals surface area contributed by atoms with Crippen LogP contribution in [0.15, 0.2) is 75.5 Å². The molecule has 6 rings (SSSR count). The Morgan fingerprint density at radius 2 is 1.86 bits per heavy atom. The van der Waals surface area contributed by atoms with E-state index in [9.17, 15) is 4.79 Å². The van der Waals surface area contributed by atoms with Gasteiger partial charge in [-0.05, 0) is 46.8 Å². The van der Waals surface area contributed by atoms with Gasteiger partial charge in [-0.25, -0.2) is 4.98 Å². The lowest BCUT2D eigenvalue weighted by molar-refractivity contribution is 0.244. The summed E-state index contributed by atoms with van der Waals surface area (Å²) in [5, 5.41) is 4.57. The van der Waals surface area contributed by atoms with E-state index in [1.54, 1.807) is 0 Å². The lowest BCUT2D eigenvalue weighted by atomic mass is 9.96. The maximum atomic E-state index is 13.3. The van der Waals surface area contributed by atoms with Gasteiger partial charge in [0.2, 0.25) is 4.96 Å². The van der Waals surface area contributed by atoms with Crippen LogP contribution < -0.4 is 14.8 Å². The first-order valence-electron chi connectivity index (χ1n) is 11.3. The molecule has 0 amide bonds. The van der Waals surface area contributed by atoms with Crippen LogP contribution in [0.25, 0.3) is 17.1 Å². The third kappa shape index (κ3) is 3.90. The van der Waals surface area contributed by atoms with Gasteiger partial charge in [0.15, 0.2) is 5.82 Å². The van der Waals surface area contributed by atoms with Crippen LogP contribution in [0.1, 0.15) is 42.8 Å². The largest absolute Gasteiger partial charge is 0.480 e. The summed E-state index contributed by atoms with van der Waals surface area (Å²) in [6.45, 7) is 4.25. The molecule has 176 valence electrons. The molecule has 0 bridgehead atoms. The fourth-order valence-corrected chi connectivity index (χ4v) is 6.10. The van der Waals surface area contributed by atoms with E-state index in [0.29, 0.717) is 15.3 Å². The van der Waals surface area contributed by atoms with E-state index in [4.69, 9.17) is 32.9 Å². The van der Waals surface area contributed by atoms with Crippen molar-refractivity contribution in [1.29, 1.82) is 0 Å². The molecule has 3 unspecified atom stereocenters. The monoisotopic (exact) mass is 521 g/mol. The Morgan fingerprint density at radius 3 is 2.60 bits per heavy atom. The van der Waals surface area contributed by atoms with Crippen molar-refractivity contribution in [3.8, 4) is 5.75 Å². The molecule has 2 aromatic carbocycles. The summed E-state index contributed by atoms with van der Waals surface area (Å²) < 4.78 is 8.57. The summed E-state index contributed by atoms with van der Waals surface area (Å²) in [5.41, 5.74) is 2.66. The predicted octanol–water partition coefficient (Wildman–Crippen LogP) is 5.93. The van der Waals surface area contributed by atoms with Gasteiger partial charge in [0.05, 0.1) is 4.53 Å². The lowest BCUT2D eigenvalue weighted by Gasteiger charge is -2.26. The molecule has 35 heavy (non-hydrogen) atoms. The number of aromatic nitrogens is 3. The number of allylic oxidation sites excluding steroid dienone is 1. The number of nitrogens with zero attached hydrogens (tertiary/aromatic N) is 3. The molecule has 2 aliphatic rings. The average Bonchev–Trinajstić information content (AvgIpc) is 3.10. The zero-order chi connectivity index (χ0) is 24.3. The number of rotatable bonds is 4. The minimum atomic E-state index is -0.316. The molecule has 1 fully saturated rings. The Kier molecular flexibility index (Phi) is 5.36. The highest BCUT2D eigenvalue weighted by Crippen LogP contribution is 2.64. The summed E-state index contributed by atoms with van der Waals surface area (Å²) in [6, 6.07) is 17.9. The maximum Gasteiger partial charge on any atom is 0.291 e. The highest BCUT2D eigenvalue weighted by Gasteiger charge is 2.59. The van der Waals surface area contributed by atoms with Crippen LogP contribution >= 0.6 is 34.5 Å². The van der Waals surface area contributed by atoms with Crippen LogP contribution in [0.4, 0.5) is 0 Å². The summed E-state index contributed by atoms with van der Waals surface area (Å²) in [7, 11) is 0. The van der Waals surface area contributed by atoms with Gasteiger partial charge in [-0.15, -0.1) is 5.10 Å². The topological polar surface area (TPSA) is 56.5 Å². The number of hydrogen-bond donors (Lipinski definition) is 0. The van der Waals surface area contributed by atoms with Crippen LogP contribution in [0.3, 0.4) is 0 Å². The number of benzene rings is 2. The highest BCUT2D eigenvalue weighted by molar-refractivity contribution is 7.15. The van der Waals surface area contributed by atoms with Crippen molar-refractivity contribution >= 4 is 51.7 Å². The predicted molar refractivity (Wildman–Crippen MR) is 141 cm³/mol. The molecule has 8 heteroatoms. The third-order valence-corrected chi connectivity index (χ3v) is 8.09. The first kappa shape index (κ1) is 22.5. The van der Waals surface area contributed by atoms with Crippen LogP contribution in [0.5, 0.6) is 5.75 Å². The third-order valence-electron chi connectivity index (χ3n) is 6.88. The van der Waals surface area contributed by atoms with Gasteiger partial charge in [-0.2, -0.15) is 4.52 Å². The molecule has 0 radical (unpaired) electrons. The van der Waals surface area contributed by atoms with Gasteiger partial charge < -0.3 is 4.74 Å². The molecule has 1 aliphatic carbocycles. The molecule has 5 nitrogen and oxygen atoms in total. The second kappa shape index (κ2) is 8.33. The fraction of sp³-hybridized carbons (Fsp3) is 0.222. The molecule has 3 heterocycles. The standard InChI is InChI=1S/C27H21Cl2N3O2S/c1-27(2)18(14-21(28)29)22(27)24-30-26-32(31-24)25(33)20(35-26)13-17-12-16-10-6-7-11-19(16)34-23(17)15-8-4-3-5-9-15/h3-14,18,22-23H,1-2H3. The van der Waals surface area contributed by atoms with E-state index in [1.165, 1.54) is 15.9 Å². The van der Waals surface area contributed by atoms with Gasteiger partial charge in [-0.3, -0.25) is 4.79 Å². The normalized spacial score (nSPS) is 22.9. The molecule has 4 aromatic rings. The minimum Gasteiger partial charge on any atom is -0.480 e. The van der Waals surface area contributed by atoms with Crippen molar-refractivity contribution in [2.75, 3.05) is 0 Å². The second-order valence-corrected chi connectivity index (χ2v) is 11.5. The molecule has 1 saturated carbocycles. The highest BCUT2D eigenvalue weighted by atomic mass is 35.5. The van der Waals surface area contributed by atoms with Crippen molar-refractivity contribution < 1.29 is 4.74 Å². The Morgan fingerprint density at radius 1 is 1.11 bits per heavy atom. The van der Waals surface area contributed by atoms with Crippen LogP contribution in [-0.2, 0) is 0 Å². The first-order valence-corrected chi connectivity index (χ1v) is 12.9.